The summed E-state index contributed by atoms with van der Waals surface area (Å²) in [6, 6.07) is 15.2. The number of benzene rings is 2. The van der Waals surface area contributed by atoms with Crippen LogP contribution in [-0.4, -0.2) is 55.0 Å². The Hall–Kier alpha value is -3.39. The lowest BCUT2D eigenvalue weighted by atomic mass is 9.95. The van der Waals surface area contributed by atoms with Crippen LogP contribution in [0.1, 0.15) is 49.7 Å². The molecule has 3 N–H and O–H groups in total. The zero-order valence-corrected chi connectivity index (χ0v) is 20.1. The van der Waals surface area contributed by atoms with Crippen molar-refractivity contribution in [1.29, 1.82) is 0 Å². The number of carboxylic acid groups (broad SMARTS) is 1. The third-order valence-corrected chi connectivity index (χ3v) is 7.01. The molecule has 2 aliphatic rings. The normalized spacial score (nSPS) is 17.0. The van der Waals surface area contributed by atoms with Gasteiger partial charge in [-0.1, -0.05) is 48.5 Å². The number of methoxy groups -OCH3 is 1. The van der Waals surface area contributed by atoms with Gasteiger partial charge in [-0.15, -0.1) is 0 Å². The maximum absolute atomic E-state index is 13.0. The maximum Gasteiger partial charge on any atom is 0.407 e. The molecule has 1 saturated carbocycles. The number of nitrogens with one attached hydrogen (secondary N) is 2. The van der Waals surface area contributed by atoms with E-state index in [0.717, 1.165) is 35.1 Å². The van der Waals surface area contributed by atoms with Gasteiger partial charge < -0.3 is 25.2 Å². The van der Waals surface area contributed by atoms with E-state index in [1.165, 1.54) is 6.92 Å². The molecular weight excluding hydrogens is 448 g/mol. The molecule has 2 amide bonds. The van der Waals surface area contributed by atoms with Crippen molar-refractivity contribution in [2.24, 2.45) is 5.92 Å². The van der Waals surface area contributed by atoms with Gasteiger partial charge in [0.1, 0.15) is 18.2 Å². The highest BCUT2D eigenvalue weighted by Crippen LogP contribution is 2.44. The molecule has 186 valence electrons. The van der Waals surface area contributed by atoms with E-state index in [2.05, 4.69) is 22.8 Å². The number of ether oxygens (including phenoxy) is 2. The summed E-state index contributed by atoms with van der Waals surface area (Å²) in [6.45, 7) is 2.06. The van der Waals surface area contributed by atoms with Crippen molar-refractivity contribution < 1.29 is 29.0 Å². The molecule has 2 atom stereocenters. The number of hydrogen-bond acceptors (Lipinski definition) is 5. The van der Waals surface area contributed by atoms with Crippen LogP contribution in [0.25, 0.3) is 11.1 Å². The lowest BCUT2D eigenvalue weighted by Gasteiger charge is -2.29. The SMILES string of the molecule is COCCCC(NC(=O)OCC1c2ccccc2-c2ccccc21)C(=O)NC(C)(C(=O)O)C1CC1. The Labute approximate surface area is 205 Å². The molecule has 1 fully saturated rings. The minimum absolute atomic E-state index is 0.0981. The Balaban J connectivity index is 1.42. The van der Waals surface area contributed by atoms with Crippen LogP contribution in [0.5, 0.6) is 0 Å². The molecule has 2 aromatic rings. The highest BCUT2D eigenvalue weighted by atomic mass is 16.5. The van der Waals surface area contributed by atoms with E-state index in [1.807, 2.05) is 36.4 Å². The van der Waals surface area contributed by atoms with E-state index < -0.39 is 29.6 Å². The number of alkyl carbamates (subject to hydrolysis) is 1. The topological polar surface area (TPSA) is 114 Å². The van der Waals surface area contributed by atoms with E-state index in [4.69, 9.17) is 9.47 Å². The van der Waals surface area contributed by atoms with Crippen LogP contribution >= 0.6 is 0 Å². The van der Waals surface area contributed by atoms with E-state index in [1.54, 1.807) is 7.11 Å². The number of rotatable bonds is 11. The molecule has 0 heterocycles. The second-order valence-electron chi connectivity index (χ2n) is 9.43. The molecule has 0 spiro atoms. The van der Waals surface area contributed by atoms with Gasteiger partial charge in [0.2, 0.25) is 5.91 Å². The largest absolute Gasteiger partial charge is 0.480 e. The van der Waals surface area contributed by atoms with Crippen LogP contribution in [0.2, 0.25) is 0 Å². The summed E-state index contributed by atoms with van der Waals surface area (Å²) in [4.78, 5) is 37.6. The highest BCUT2D eigenvalue weighted by molar-refractivity contribution is 5.91. The summed E-state index contributed by atoms with van der Waals surface area (Å²) >= 11 is 0. The fourth-order valence-corrected chi connectivity index (χ4v) is 4.82. The highest BCUT2D eigenvalue weighted by Gasteiger charge is 2.49. The summed E-state index contributed by atoms with van der Waals surface area (Å²) in [5, 5.41) is 15.0. The van der Waals surface area contributed by atoms with Gasteiger partial charge in [-0.05, 0) is 60.8 Å². The molecule has 0 aromatic heterocycles. The summed E-state index contributed by atoms with van der Waals surface area (Å²) in [7, 11) is 1.56. The van der Waals surface area contributed by atoms with Gasteiger partial charge in [0.15, 0.2) is 0 Å². The van der Waals surface area contributed by atoms with Crippen LogP contribution in [0.15, 0.2) is 48.5 Å². The summed E-state index contributed by atoms with van der Waals surface area (Å²) in [5.41, 5.74) is 3.08. The number of fused-ring (bicyclic) bond motifs is 3. The first-order valence-corrected chi connectivity index (χ1v) is 12.0. The Morgan fingerprint density at radius 3 is 2.20 bits per heavy atom. The molecule has 0 radical (unpaired) electrons. The number of carboxylic acids is 1. The zero-order chi connectivity index (χ0) is 25.0. The molecule has 0 aliphatic heterocycles. The quantitative estimate of drug-likeness (QED) is 0.423. The van der Waals surface area contributed by atoms with Gasteiger partial charge in [0, 0.05) is 19.6 Å². The average molecular weight is 481 g/mol. The van der Waals surface area contributed by atoms with Crippen LogP contribution in [0, 0.1) is 5.92 Å². The Morgan fingerprint density at radius 2 is 1.66 bits per heavy atom. The molecular formula is C27H32N2O6. The fraction of sp³-hybridized carbons (Fsp3) is 0.444. The standard InChI is InChI=1S/C27H32N2O6/c1-27(25(31)32,17-13-14-17)29-24(30)23(12-7-15-34-2)28-26(33)35-16-22-20-10-5-3-8-18(20)19-9-4-6-11-21(19)22/h3-6,8-11,17,22-23H,7,12-16H2,1-2H3,(H,28,33)(H,29,30)(H,31,32). The van der Waals surface area contributed by atoms with Gasteiger partial charge in [0.05, 0.1) is 0 Å². The van der Waals surface area contributed by atoms with Crippen molar-refractivity contribution in [3.05, 3.63) is 59.7 Å². The molecule has 8 nitrogen and oxygen atoms in total. The molecule has 0 bridgehead atoms. The molecule has 8 heteroatoms. The fourth-order valence-electron chi connectivity index (χ4n) is 4.82. The van der Waals surface area contributed by atoms with Gasteiger partial charge >= 0.3 is 12.1 Å². The number of hydrogen-bond donors (Lipinski definition) is 3. The van der Waals surface area contributed by atoms with E-state index >= 15 is 0 Å². The molecule has 2 aliphatic carbocycles. The van der Waals surface area contributed by atoms with Crippen LogP contribution in [0.3, 0.4) is 0 Å². The number of amides is 2. The molecule has 4 rings (SSSR count). The molecule has 0 saturated heterocycles. The summed E-state index contributed by atoms with van der Waals surface area (Å²) in [5.74, 6) is -1.83. The second-order valence-corrected chi connectivity index (χ2v) is 9.43. The predicted molar refractivity (Wildman–Crippen MR) is 130 cm³/mol. The van der Waals surface area contributed by atoms with Crippen LogP contribution < -0.4 is 10.6 Å². The lowest BCUT2D eigenvalue weighted by Crippen LogP contribution is -2.59. The summed E-state index contributed by atoms with van der Waals surface area (Å²) in [6.07, 6.45) is 1.59. The van der Waals surface area contributed by atoms with Gasteiger partial charge in [-0.25, -0.2) is 9.59 Å². The van der Waals surface area contributed by atoms with Crippen molar-refractivity contribution in [3.8, 4) is 11.1 Å². The lowest BCUT2D eigenvalue weighted by molar-refractivity contribution is -0.148. The van der Waals surface area contributed by atoms with Crippen LogP contribution in [-0.2, 0) is 19.1 Å². The van der Waals surface area contributed by atoms with E-state index in [0.29, 0.717) is 19.4 Å². The first-order chi connectivity index (χ1) is 16.8. The monoisotopic (exact) mass is 480 g/mol. The third-order valence-electron chi connectivity index (χ3n) is 7.01. The minimum atomic E-state index is -1.36. The predicted octanol–water partition coefficient (Wildman–Crippen LogP) is 3.69. The minimum Gasteiger partial charge on any atom is -0.480 e. The van der Waals surface area contributed by atoms with Crippen molar-refractivity contribution in [2.45, 2.75) is 50.1 Å². The van der Waals surface area contributed by atoms with Crippen LogP contribution in [0.4, 0.5) is 4.79 Å². The van der Waals surface area contributed by atoms with Gasteiger partial charge in [-0.2, -0.15) is 0 Å². The molecule has 2 unspecified atom stereocenters. The first-order valence-electron chi connectivity index (χ1n) is 12.0. The first kappa shape index (κ1) is 24.7. The number of carbonyl (C=O) groups is 3. The molecule has 35 heavy (non-hydrogen) atoms. The Kier molecular flexibility index (Phi) is 7.40. The smallest absolute Gasteiger partial charge is 0.407 e. The van der Waals surface area contributed by atoms with Gasteiger partial charge in [0.25, 0.3) is 0 Å². The third kappa shape index (κ3) is 5.32. The maximum atomic E-state index is 13.0. The Bertz CT molecular complexity index is 1050. The average Bonchev–Trinajstić information content (AvgIpc) is 3.66. The molecule has 2 aromatic carbocycles. The van der Waals surface area contributed by atoms with E-state index in [9.17, 15) is 19.5 Å². The number of aliphatic carboxylic acids is 1. The zero-order valence-electron chi connectivity index (χ0n) is 20.1. The van der Waals surface area contributed by atoms with Crippen molar-refractivity contribution in [1.82, 2.24) is 10.6 Å². The van der Waals surface area contributed by atoms with Crippen molar-refractivity contribution in [3.63, 3.8) is 0 Å². The number of carbonyl (C=O) groups excluding carboxylic acids is 2. The second kappa shape index (κ2) is 10.5. The summed E-state index contributed by atoms with van der Waals surface area (Å²) < 4.78 is 10.7. The Morgan fingerprint density at radius 1 is 1.06 bits per heavy atom. The van der Waals surface area contributed by atoms with Gasteiger partial charge in [-0.3, -0.25) is 4.79 Å². The van der Waals surface area contributed by atoms with Crippen molar-refractivity contribution in [2.75, 3.05) is 20.3 Å². The van der Waals surface area contributed by atoms with Crippen molar-refractivity contribution >= 4 is 18.0 Å². The van der Waals surface area contributed by atoms with E-state index in [-0.39, 0.29) is 18.4 Å².